The molecule has 0 spiro atoms. The summed E-state index contributed by atoms with van der Waals surface area (Å²) in [6.45, 7) is 4.11. The fourth-order valence-electron chi connectivity index (χ4n) is 3.58. The topological polar surface area (TPSA) is 39.1 Å². The molecular formula is C22H27NO2S. The number of nitrogens with zero attached hydrogens (tertiary/aromatic N) is 1. The van der Waals surface area contributed by atoms with Crippen LogP contribution in [0.3, 0.4) is 0 Å². The van der Waals surface area contributed by atoms with Crippen molar-refractivity contribution in [3.8, 4) is 0 Å². The lowest BCUT2D eigenvalue weighted by molar-refractivity contribution is 0.564. The van der Waals surface area contributed by atoms with Crippen LogP contribution in [0.25, 0.3) is 10.9 Å². The third-order valence-electron chi connectivity index (χ3n) is 5.07. The number of hydrogen-bond acceptors (Lipinski definition) is 2. The summed E-state index contributed by atoms with van der Waals surface area (Å²) in [5.41, 5.74) is 3.05. The first kappa shape index (κ1) is 18.7. The maximum absolute atomic E-state index is 13.5. The van der Waals surface area contributed by atoms with Gasteiger partial charge in [-0.2, -0.15) is 0 Å². The van der Waals surface area contributed by atoms with Gasteiger partial charge >= 0.3 is 0 Å². The molecule has 1 unspecified atom stereocenters. The number of sulfone groups is 1. The molecule has 2 aromatic carbocycles. The Morgan fingerprint density at radius 2 is 1.69 bits per heavy atom. The van der Waals surface area contributed by atoms with Gasteiger partial charge in [0.05, 0.1) is 10.1 Å². The van der Waals surface area contributed by atoms with Crippen molar-refractivity contribution in [1.29, 1.82) is 0 Å². The monoisotopic (exact) mass is 369 g/mol. The number of fused-ring (bicyclic) bond motifs is 1. The molecule has 0 fully saturated rings. The molecule has 3 aromatic rings. The predicted molar refractivity (Wildman–Crippen MR) is 108 cm³/mol. The second-order valence-corrected chi connectivity index (χ2v) is 9.19. The van der Waals surface area contributed by atoms with Crippen molar-refractivity contribution >= 4 is 20.7 Å². The number of aromatic nitrogens is 1. The summed E-state index contributed by atoms with van der Waals surface area (Å²) in [7, 11) is -1.46. The Morgan fingerprint density at radius 1 is 1.00 bits per heavy atom. The molecule has 1 atom stereocenters. The van der Waals surface area contributed by atoms with Gasteiger partial charge in [-0.15, -0.1) is 0 Å². The van der Waals surface area contributed by atoms with Gasteiger partial charge < -0.3 is 4.57 Å². The smallest absolute Gasteiger partial charge is 0.185 e. The SMILES string of the molecule is CCCCCC(c1cn(C)c2ccccc12)S(=O)(=O)c1ccc(C)cc1. The summed E-state index contributed by atoms with van der Waals surface area (Å²) in [6, 6.07) is 15.3. The minimum atomic E-state index is -3.44. The van der Waals surface area contributed by atoms with Gasteiger partial charge in [0.1, 0.15) is 0 Å². The van der Waals surface area contributed by atoms with E-state index in [-0.39, 0.29) is 0 Å². The van der Waals surface area contributed by atoms with Crippen molar-refractivity contribution in [2.45, 2.75) is 49.7 Å². The van der Waals surface area contributed by atoms with Gasteiger partial charge in [-0.25, -0.2) is 8.42 Å². The Hall–Kier alpha value is -2.07. The average Bonchev–Trinajstić information content (AvgIpc) is 2.96. The zero-order valence-corrected chi connectivity index (χ0v) is 16.6. The number of unbranched alkanes of at least 4 members (excludes halogenated alkanes) is 2. The highest BCUT2D eigenvalue weighted by atomic mass is 32.2. The summed E-state index contributed by atoms with van der Waals surface area (Å²) in [5.74, 6) is 0. The van der Waals surface area contributed by atoms with Gasteiger partial charge in [-0.05, 0) is 37.1 Å². The van der Waals surface area contributed by atoms with Crippen molar-refractivity contribution < 1.29 is 8.42 Å². The van der Waals surface area contributed by atoms with E-state index in [1.807, 2.05) is 61.1 Å². The highest BCUT2D eigenvalue weighted by Crippen LogP contribution is 2.38. The van der Waals surface area contributed by atoms with Crippen LogP contribution in [0.4, 0.5) is 0 Å². The molecule has 1 aromatic heterocycles. The molecule has 0 aliphatic heterocycles. The van der Waals surface area contributed by atoms with Crippen molar-refractivity contribution in [3.63, 3.8) is 0 Å². The normalized spacial score (nSPS) is 13.2. The molecule has 0 saturated carbocycles. The second-order valence-electron chi connectivity index (χ2n) is 7.05. The molecule has 0 saturated heterocycles. The lowest BCUT2D eigenvalue weighted by Gasteiger charge is -2.18. The zero-order valence-electron chi connectivity index (χ0n) is 15.8. The Morgan fingerprint density at radius 3 is 2.38 bits per heavy atom. The first-order valence-electron chi connectivity index (χ1n) is 9.29. The summed E-state index contributed by atoms with van der Waals surface area (Å²) in [6.07, 6.45) is 5.68. The Balaban J connectivity index is 2.11. The van der Waals surface area contributed by atoms with Crippen LogP contribution in [0.15, 0.2) is 59.6 Å². The van der Waals surface area contributed by atoms with E-state index < -0.39 is 15.1 Å². The molecule has 1 heterocycles. The first-order chi connectivity index (χ1) is 12.4. The summed E-state index contributed by atoms with van der Waals surface area (Å²) >= 11 is 0. The Kier molecular flexibility index (Phi) is 5.52. The quantitative estimate of drug-likeness (QED) is 0.510. The van der Waals surface area contributed by atoms with Crippen LogP contribution in [0.1, 0.15) is 49.0 Å². The molecule has 0 radical (unpaired) electrons. The molecule has 3 nitrogen and oxygen atoms in total. The molecule has 26 heavy (non-hydrogen) atoms. The van der Waals surface area contributed by atoms with E-state index in [0.29, 0.717) is 11.3 Å². The third kappa shape index (κ3) is 3.56. The molecule has 0 aliphatic rings. The van der Waals surface area contributed by atoms with Crippen LogP contribution in [0, 0.1) is 6.92 Å². The van der Waals surface area contributed by atoms with E-state index in [1.54, 1.807) is 12.1 Å². The molecule has 4 heteroatoms. The van der Waals surface area contributed by atoms with Crippen molar-refractivity contribution in [3.05, 3.63) is 65.9 Å². The van der Waals surface area contributed by atoms with Crippen molar-refractivity contribution in [1.82, 2.24) is 4.57 Å². The Bertz CT molecular complexity index is 985. The number of para-hydroxylation sites is 1. The molecule has 0 bridgehead atoms. The lowest BCUT2D eigenvalue weighted by Crippen LogP contribution is -2.14. The number of rotatable bonds is 7. The van der Waals surface area contributed by atoms with E-state index in [2.05, 4.69) is 6.92 Å². The lowest BCUT2D eigenvalue weighted by atomic mass is 10.0. The molecule has 0 N–H and O–H groups in total. The van der Waals surface area contributed by atoms with E-state index in [4.69, 9.17) is 0 Å². The molecule has 3 rings (SSSR count). The minimum Gasteiger partial charge on any atom is -0.350 e. The average molecular weight is 370 g/mol. The van der Waals surface area contributed by atoms with Crippen LogP contribution in [0.5, 0.6) is 0 Å². The summed E-state index contributed by atoms with van der Waals surface area (Å²) in [4.78, 5) is 0.414. The molecule has 0 aliphatic carbocycles. The number of aryl methyl sites for hydroxylation is 2. The van der Waals surface area contributed by atoms with Gasteiger partial charge in [-0.3, -0.25) is 0 Å². The van der Waals surface area contributed by atoms with Crippen LogP contribution < -0.4 is 0 Å². The fourth-order valence-corrected chi connectivity index (χ4v) is 5.42. The summed E-state index contributed by atoms with van der Waals surface area (Å²) < 4.78 is 29.0. The van der Waals surface area contributed by atoms with Crippen LogP contribution in [-0.2, 0) is 16.9 Å². The highest BCUT2D eigenvalue weighted by molar-refractivity contribution is 7.91. The van der Waals surface area contributed by atoms with E-state index in [9.17, 15) is 8.42 Å². The van der Waals surface area contributed by atoms with E-state index in [0.717, 1.165) is 41.3 Å². The van der Waals surface area contributed by atoms with E-state index >= 15 is 0 Å². The van der Waals surface area contributed by atoms with Gasteiger partial charge in [0.25, 0.3) is 0 Å². The van der Waals surface area contributed by atoms with Gasteiger partial charge in [0.15, 0.2) is 9.84 Å². The highest BCUT2D eigenvalue weighted by Gasteiger charge is 2.31. The zero-order chi connectivity index (χ0) is 18.7. The third-order valence-corrected chi connectivity index (χ3v) is 7.24. The summed E-state index contributed by atoms with van der Waals surface area (Å²) in [5, 5.41) is 0.523. The standard InChI is InChI=1S/C22H27NO2S/c1-4-5-6-11-22(26(24,25)18-14-12-17(2)13-15-18)20-16-23(3)21-10-8-7-9-19(20)21/h7-10,12-16,22H,4-6,11H2,1-3H3. The maximum Gasteiger partial charge on any atom is 0.185 e. The fraction of sp³-hybridized carbons (Fsp3) is 0.364. The molecule has 0 amide bonds. The number of hydrogen-bond donors (Lipinski definition) is 0. The molecule has 138 valence electrons. The van der Waals surface area contributed by atoms with Gasteiger partial charge in [-0.1, -0.05) is 62.1 Å². The van der Waals surface area contributed by atoms with Crippen LogP contribution >= 0.6 is 0 Å². The Labute approximate surface area is 156 Å². The van der Waals surface area contributed by atoms with Crippen molar-refractivity contribution in [2.75, 3.05) is 0 Å². The van der Waals surface area contributed by atoms with Gasteiger partial charge in [0.2, 0.25) is 0 Å². The van der Waals surface area contributed by atoms with Crippen molar-refractivity contribution in [2.24, 2.45) is 7.05 Å². The van der Waals surface area contributed by atoms with E-state index in [1.165, 1.54) is 0 Å². The molecular weight excluding hydrogens is 342 g/mol. The van der Waals surface area contributed by atoms with Crippen LogP contribution in [0.2, 0.25) is 0 Å². The van der Waals surface area contributed by atoms with Crippen LogP contribution in [-0.4, -0.2) is 13.0 Å². The predicted octanol–water partition coefficient (Wildman–Crippen LogP) is 5.58. The van der Waals surface area contributed by atoms with Gasteiger partial charge in [0, 0.05) is 24.1 Å². The minimum absolute atomic E-state index is 0.414. The first-order valence-corrected chi connectivity index (χ1v) is 10.8. The largest absolute Gasteiger partial charge is 0.350 e. The number of benzene rings is 2. The second kappa shape index (κ2) is 7.67. The maximum atomic E-state index is 13.5.